The van der Waals surface area contributed by atoms with Crippen molar-refractivity contribution in [1.29, 1.82) is 0 Å². The molecule has 0 bridgehead atoms. The highest BCUT2D eigenvalue weighted by atomic mass is 32.1. The third-order valence-corrected chi connectivity index (χ3v) is 4.15. The molecule has 0 aliphatic carbocycles. The van der Waals surface area contributed by atoms with Crippen LogP contribution in [0.2, 0.25) is 0 Å². The van der Waals surface area contributed by atoms with Crippen LogP contribution in [0.1, 0.15) is 43.9 Å². The number of thiophene rings is 1. The lowest BCUT2D eigenvalue weighted by Gasteiger charge is -1.98. The fraction of sp³-hybridized carbons (Fsp3) is 0.267. The first-order valence-electron chi connectivity index (χ1n) is 6.52. The third kappa shape index (κ3) is 3.11. The minimum atomic E-state index is -1.01. The Labute approximate surface area is 126 Å². The maximum Gasteiger partial charge on any atom is 0.345 e. The largest absolute Gasteiger partial charge is 0.477 e. The zero-order chi connectivity index (χ0) is 15.6. The number of nitrogens with zero attached hydrogens (tertiary/aromatic N) is 2. The molecule has 6 heteroatoms. The van der Waals surface area contributed by atoms with Gasteiger partial charge >= 0.3 is 5.97 Å². The van der Waals surface area contributed by atoms with Gasteiger partial charge in [-0.2, -0.15) is 5.10 Å². The Morgan fingerprint density at radius 1 is 1.43 bits per heavy atom. The zero-order valence-electron chi connectivity index (χ0n) is 12.1. The van der Waals surface area contributed by atoms with Crippen molar-refractivity contribution in [3.63, 3.8) is 0 Å². The van der Waals surface area contributed by atoms with Gasteiger partial charge in [0, 0.05) is 28.7 Å². The van der Waals surface area contributed by atoms with Crippen LogP contribution in [0.3, 0.4) is 0 Å². The molecule has 0 aromatic carbocycles. The van der Waals surface area contributed by atoms with Crippen molar-refractivity contribution in [1.82, 2.24) is 9.78 Å². The molecule has 0 fully saturated rings. The summed E-state index contributed by atoms with van der Waals surface area (Å²) >= 11 is 1.05. The Kier molecular flexibility index (Phi) is 4.37. The summed E-state index contributed by atoms with van der Waals surface area (Å²) in [7, 11) is 0. The molecular weight excluding hydrogens is 288 g/mol. The van der Waals surface area contributed by atoms with Gasteiger partial charge in [-0.05, 0) is 39.0 Å². The molecule has 0 saturated heterocycles. The summed E-state index contributed by atoms with van der Waals surface area (Å²) in [5, 5.41) is 14.8. The van der Waals surface area contributed by atoms with Crippen LogP contribution in [0.15, 0.2) is 17.5 Å². The molecule has 5 nitrogen and oxygen atoms in total. The maximum atomic E-state index is 12.1. The molecule has 0 saturated carbocycles. The van der Waals surface area contributed by atoms with Crippen LogP contribution in [0.25, 0.3) is 6.08 Å². The lowest BCUT2D eigenvalue weighted by atomic mass is 10.1. The first kappa shape index (κ1) is 15.2. The van der Waals surface area contributed by atoms with Crippen molar-refractivity contribution < 1.29 is 14.7 Å². The lowest BCUT2D eigenvalue weighted by Crippen LogP contribution is -1.98. The first-order chi connectivity index (χ1) is 9.93. The van der Waals surface area contributed by atoms with Crippen LogP contribution in [0.4, 0.5) is 0 Å². The Morgan fingerprint density at radius 3 is 2.67 bits per heavy atom. The summed E-state index contributed by atoms with van der Waals surface area (Å²) in [5.74, 6) is -1.22. The molecule has 21 heavy (non-hydrogen) atoms. The predicted molar refractivity (Wildman–Crippen MR) is 82.0 cm³/mol. The molecular formula is C15H16N2O3S. The van der Waals surface area contributed by atoms with E-state index in [2.05, 4.69) is 5.10 Å². The van der Waals surface area contributed by atoms with Gasteiger partial charge in [-0.15, -0.1) is 11.3 Å². The van der Waals surface area contributed by atoms with Crippen molar-refractivity contribution >= 4 is 29.2 Å². The Hall–Kier alpha value is -2.21. The van der Waals surface area contributed by atoms with Crippen LogP contribution in [-0.2, 0) is 6.54 Å². The number of carbonyl (C=O) groups is 2. The predicted octanol–water partition coefficient (Wildman–Crippen LogP) is 3.18. The molecule has 0 aliphatic heterocycles. The number of aromatic nitrogens is 2. The average molecular weight is 304 g/mol. The molecule has 110 valence electrons. The Bertz CT molecular complexity index is 725. The third-order valence-electron chi connectivity index (χ3n) is 3.23. The van der Waals surface area contributed by atoms with Crippen molar-refractivity contribution in [2.45, 2.75) is 27.3 Å². The molecule has 2 rings (SSSR count). The second-order valence-electron chi connectivity index (χ2n) is 4.60. The summed E-state index contributed by atoms with van der Waals surface area (Å²) in [5.41, 5.74) is 3.20. The number of carboxylic acids is 1. The smallest absolute Gasteiger partial charge is 0.345 e. The Balaban J connectivity index is 2.22. The molecule has 2 aromatic rings. The first-order valence-corrected chi connectivity index (χ1v) is 7.40. The van der Waals surface area contributed by atoms with Crippen molar-refractivity contribution in [2.75, 3.05) is 0 Å². The molecule has 2 heterocycles. The molecule has 0 unspecified atom stereocenters. The van der Waals surface area contributed by atoms with E-state index < -0.39 is 5.97 Å². The average Bonchev–Trinajstić information content (AvgIpc) is 3.03. The molecule has 1 N–H and O–H groups in total. The number of rotatable bonds is 5. The number of carboxylic acid groups (broad SMARTS) is 1. The highest BCUT2D eigenvalue weighted by Crippen LogP contribution is 2.18. The van der Waals surface area contributed by atoms with E-state index in [4.69, 9.17) is 5.11 Å². The number of ketones is 1. The molecule has 2 aromatic heterocycles. The van der Waals surface area contributed by atoms with E-state index >= 15 is 0 Å². The molecule has 0 radical (unpaired) electrons. The van der Waals surface area contributed by atoms with Crippen LogP contribution in [-0.4, -0.2) is 26.6 Å². The van der Waals surface area contributed by atoms with Crippen molar-refractivity contribution in [2.24, 2.45) is 0 Å². The maximum absolute atomic E-state index is 12.1. The van der Waals surface area contributed by atoms with E-state index in [1.165, 1.54) is 12.1 Å². The lowest BCUT2D eigenvalue weighted by molar-refractivity contribution is 0.0702. The van der Waals surface area contributed by atoms with Gasteiger partial charge in [0.25, 0.3) is 0 Å². The highest BCUT2D eigenvalue weighted by molar-refractivity contribution is 7.12. The zero-order valence-corrected chi connectivity index (χ0v) is 12.9. The minimum Gasteiger partial charge on any atom is -0.477 e. The van der Waals surface area contributed by atoms with Crippen LogP contribution in [0.5, 0.6) is 0 Å². The second kappa shape index (κ2) is 6.05. The van der Waals surface area contributed by atoms with E-state index in [-0.39, 0.29) is 10.7 Å². The molecule has 0 spiro atoms. The topological polar surface area (TPSA) is 72.2 Å². The van der Waals surface area contributed by atoms with Gasteiger partial charge in [-0.25, -0.2) is 4.79 Å². The van der Waals surface area contributed by atoms with Gasteiger partial charge in [-0.3, -0.25) is 9.48 Å². The van der Waals surface area contributed by atoms with Gasteiger partial charge in [0.1, 0.15) is 4.88 Å². The number of hydrogen-bond acceptors (Lipinski definition) is 4. The number of aromatic carboxylic acids is 1. The fourth-order valence-corrected chi connectivity index (χ4v) is 2.83. The van der Waals surface area contributed by atoms with E-state index in [9.17, 15) is 9.59 Å². The van der Waals surface area contributed by atoms with Gasteiger partial charge in [0.15, 0.2) is 5.78 Å². The molecule has 0 amide bonds. The number of aryl methyl sites for hydroxylation is 2. The number of hydrogen-bond donors (Lipinski definition) is 1. The van der Waals surface area contributed by atoms with Crippen LogP contribution in [0, 0.1) is 13.8 Å². The SMILES string of the molecule is CCn1nc(C)c(/C=C/C(=O)c2csc(C(=O)O)c2)c1C. The van der Waals surface area contributed by atoms with E-state index in [1.807, 2.05) is 25.5 Å². The summed E-state index contributed by atoms with van der Waals surface area (Å²) in [6.45, 7) is 6.65. The molecule has 0 aliphatic rings. The van der Waals surface area contributed by atoms with E-state index in [0.717, 1.165) is 34.8 Å². The van der Waals surface area contributed by atoms with E-state index in [1.54, 1.807) is 11.5 Å². The fourth-order valence-electron chi connectivity index (χ4n) is 2.09. The van der Waals surface area contributed by atoms with Gasteiger partial charge in [0.05, 0.1) is 5.69 Å². The monoisotopic (exact) mass is 304 g/mol. The van der Waals surface area contributed by atoms with Gasteiger partial charge in [-0.1, -0.05) is 0 Å². The van der Waals surface area contributed by atoms with Gasteiger partial charge in [0.2, 0.25) is 0 Å². The minimum absolute atomic E-state index is 0.165. The van der Waals surface area contributed by atoms with Crippen LogP contribution < -0.4 is 0 Å². The summed E-state index contributed by atoms with van der Waals surface area (Å²) in [6.07, 6.45) is 3.20. The van der Waals surface area contributed by atoms with Crippen molar-refractivity contribution in [3.8, 4) is 0 Å². The summed E-state index contributed by atoms with van der Waals surface area (Å²) in [6, 6.07) is 1.40. The summed E-state index contributed by atoms with van der Waals surface area (Å²) < 4.78 is 1.88. The second-order valence-corrected chi connectivity index (χ2v) is 5.51. The number of carbonyl (C=O) groups excluding carboxylic acids is 1. The Morgan fingerprint density at radius 2 is 2.14 bits per heavy atom. The summed E-state index contributed by atoms with van der Waals surface area (Å²) in [4.78, 5) is 23.0. The van der Waals surface area contributed by atoms with Crippen LogP contribution >= 0.6 is 11.3 Å². The normalized spacial score (nSPS) is 11.2. The van der Waals surface area contributed by atoms with Crippen molar-refractivity contribution in [3.05, 3.63) is 44.9 Å². The molecule has 0 atom stereocenters. The number of allylic oxidation sites excluding steroid dienone is 1. The van der Waals surface area contributed by atoms with E-state index in [0.29, 0.717) is 5.56 Å². The standard InChI is InChI=1S/C15H16N2O3S/c1-4-17-10(3)12(9(2)16-17)5-6-13(18)11-7-14(15(19)20)21-8-11/h5-8H,4H2,1-3H3,(H,19,20)/b6-5+. The highest BCUT2D eigenvalue weighted by Gasteiger charge is 2.12. The van der Waals surface area contributed by atoms with Gasteiger partial charge < -0.3 is 5.11 Å². The quantitative estimate of drug-likeness (QED) is 0.680.